The van der Waals surface area contributed by atoms with Crippen LogP contribution in [0.3, 0.4) is 0 Å². The molecule has 3 rings (SSSR count). The zero-order valence-electron chi connectivity index (χ0n) is 15.2. The van der Waals surface area contributed by atoms with E-state index in [0.29, 0.717) is 6.04 Å². The van der Waals surface area contributed by atoms with Gasteiger partial charge in [0.1, 0.15) is 0 Å². The third-order valence-electron chi connectivity index (χ3n) is 4.94. The molecule has 0 amide bonds. The van der Waals surface area contributed by atoms with Gasteiger partial charge in [-0.15, -0.1) is 0 Å². The highest BCUT2D eigenvalue weighted by Crippen LogP contribution is 2.19. The molecule has 1 aromatic rings. The average Bonchev–Trinajstić information content (AvgIpc) is 2.90. The zero-order valence-corrected chi connectivity index (χ0v) is 15.2. The van der Waals surface area contributed by atoms with E-state index in [9.17, 15) is 9.59 Å². The first-order valence-corrected chi connectivity index (χ1v) is 8.83. The van der Waals surface area contributed by atoms with Crippen LogP contribution in [0.5, 0.6) is 0 Å². The molecule has 1 unspecified atom stereocenters. The predicted octanol–water partition coefficient (Wildman–Crippen LogP) is 0.706. The second-order valence-corrected chi connectivity index (χ2v) is 7.14. The standard InChI is InChI=1S/C18H25BN2O4/c1-13-9-15(10-21-8-4-5-14(21)2)6-7-16(13)19-24-17(22)11-20(3)12-18(23)25-19/h6-7,9,14H,4-5,8,10-12H2,1-3H3. The van der Waals surface area contributed by atoms with Gasteiger partial charge in [-0.25, -0.2) is 0 Å². The van der Waals surface area contributed by atoms with Gasteiger partial charge in [-0.1, -0.05) is 18.2 Å². The van der Waals surface area contributed by atoms with Gasteiger partial charge in [0.2, 0.25) is 0 Å². The zero-order chi connectivity index (χ0) is 18.0. The number of carbonyl (C=O) groups excluding carboxylic acids is 2. The molecule has 2 heterocycles. The molecule has 0 saturated carbocycles. The van der Waals surface area contributed by atoms with Crippen LogP contribution in [0.1, 0.15) is 30.9 Å². The Morgan fingerprint density at radius 1 is 1.20 bits per heavy atom. The number of benzene rings is 1. The highest BCUT2D eigenvalue weighted by molar-refractivity contribution is 6.65. The Labute approximate surface area is 149 Å². The van der Waals surface area contributed by atoms with E-state index in [2.05, 4.69) is 17.9 Å². The Morgan fingerprint density at radius 3 is 2.44 bits per heavy atom. The fraction of sp³-hybridized carbons (Fsp3) is 0.556. The first-order valence-electron chi connectivity index (χ1n) is 8.83. The minimum Gasteiger partial charge on any atom is -0.494 e. The molecule has 2 saturated heterocycles. The number of aryl methyl sites for hydroxylation is 1. The topological polar surface area (TPSA) is 59.1 Å². The minimum absolute atomic E-state index is 0.0789. The molecule has 134 valence electrons. The predicted molar refractivity (Wildman–Crippen MR) is 95.4 cm³/mol. The minimum atomic E-state index is -0.964. The van der Waals surface area contributed by atoms with Crippen LogP contribution in [0, 0.1) is 6.92 Å². The normalized spacial score (nSPS) is 23.2. The summed E-state index contributed by atoms with van der Waals surface area (Å²) in [6.45, 7) is 6.42. The number of hydrogen-bond acceptors (Lipinski definition) is 6. The van der Waals surface area contributed by atoms with E-state index < -0.39 is 19.1 Å². The molecule has 1 atom stereocenters. The van der Waals surface area contributed by atoms with E-state index in [1.165, 1.54) is 18.4 Å². The second kappa shape index (κ2) is 7.58. The Morgan fingerprint density at radius 2 is 1.88 bits per heavy atom. The molecule has 7 heteroatoms. The van der Waals surface area contributed by atoms with Gasteiger partial charge in [0, 0.05) is 18.0 Å². The van der Waals surface area contributed by atoms with E-state index in [-0.39, 0.29) is 13.1 Å². The summed E-state index contributed by atoms with van der Waals surface area (Å²) in [5.74, 6) is -0.788. The lowest BCUT2D eigenvalue weighted by Gasteiger charge is -2.24. The van der Waals surface area contributed by atoms with Gasteiger partial charge in [-0.2, -0.15) is 0 Å². The maximum absolute atomic E-state index is 11.9. The molecule has 25 heavy (non-hydrogen) atoms. The summed E-state index contributed by atoms with van der Waals surface area (Å²) in [5.41, 5.74) is 2.91. The van der Waals surface area contributed by atoms with Gasteiger partial charge < -0.3 is 9.31 Å². The largest absolute Gasteiger partial charge is 0.636 e. The van der Waals surface area contributed by atoms with Crippen molar-refractivity contribution in [2.75, 3.05) is 26.7 Å². The van der Waals surface area contributed by atoms with Crippen LogP contribution in [0.25, 0.3) is 0 Å². The summed E-state index contributed by atoms with van der Waals surface area (Å²) in [6, 6.07) is 6.64. The van der Waals surface area contributed by atoms with Crippen molar-refractivity contribution in [3.05, 3.63) is 29.3 Å². The second-order valence-electron chi connectivity index (χ2n) is 7.14. The van der Waals surface area contributed by atoms with Crippen molar-refractivity contribution in [1.29, 1.82) is 0 Å². The number of hydrogen-bond donors (Lipinski definition) is 0. The average molecular weight is 344 g/mol. The summed E-state index contributed by atoms with van der Waals surface area (Å²) in [5, 5.41) is 0. The van der Waals surface area contributed by atoms with Crippen LogP contribution in [0.2, 0.25) is 0 Å². The number of carbonyl (C=O) groups is 2. The molecule has 2 fully saturated rings. The molecule has 2 aliphatic rings. The maximum atomic E-state index is 11.9. The van der Waals surface area contributed by atoms with Crippen LogP contribution in [-0.4, -0.2) is 61.6 Å². The smallest absolute Gasteiger partial charge is 0.494 e. The number of likely N-dealkylation sites (N-methyl/N-ethyl adjacent to an activating group) is 1. The number of rotatable bonds is 3. The Kier molecular flexibility index (Phi) is 5.44. The Bertz CT molecular complexity index is 646. The van der Waals surface area contributed by atoms with Crippen molar-refractivity contribution in [2.45, 2.75) is 39.3 Å². The van der Waals surface area contributed by atoms with Crippen molar-refractivity contribution >= 4 is 24.5 Å². The molecule has 0 bridgehead atoms. The van der Waals surface area contributed by atoms with Gasteiger partial charge in [-0.3, -0.25) is 19.4 Å². The maximum Gasteiger partial charge on any atom is 0.636 e. The van der Waals surface area contributed by atoms with E-state index in [4.69, 9.17) is 9.31 Å². The fourth-order valence-corrected chi connectivity index (χ4v) is 3.52. The van der Waals surface area contributed by atoms with Crippen LogP contribution < -0.4 is 5.46 Å². The molecule has 0 aromatic heterocycles. The molecule has 2 aliphatic heterocycles. The fourth-order valence-electron chi connectivity index (χ4n) is 3.52. The lowest BCUT2D eigenvalue weighted by atomic mass is 9.75. The van der Waals surface area contributed by atoms with E-state index in [0.717, 1.165) is 24.1 Å². The summed E-state index contributed by atoms with van der Waals surface area (Å²) in [4.78, 5) is 27.9. The van der Waals surface area contributed by atoms with Gasteiger partial charge in [-0.05, 0) is 51.4 Å². The van der Waals surface area contributed by atoms with Crippen molar-refractivity contribution in [3.63, 3.8) is 0 Å². The number of nitrogens with zero attached hydrogens (tertiary/aromatic N) is 2. The molecular weight excluding hydrogens is 319 g/mol. The lowest BCUT2D eigenvalue weighted by molar-refractivity contribution is -0.145. The molecule has 6 nitrogen and oxygen atoms in total. The van der Waals surface area contributed by atoms with Crippen LogP contribution in [0.15, 0.2) is 18.2 Å². The highest BCUT2D eigenvalue weighted by Gasteiger charge is 2.35. The van der Waals surface area contributed by atoms with Gasteiger partial charge in [0.25, 0.3) is 0 Å². The molecule has 0 aliphatic carbocycles. The summed E-state index contributed by atoms with van der Waals surface area (Å²) < 4.78 is 10.7. The van der Waals surface area contributed by atoms with Crippen LogP contribution >= 0.6 is 0 Å². The quantitative estimate of drug-likeness (QED) is 0.753. The Balaban J connectivity index is 1.75. The van der Waals surface area contributed by atoms with Gasteiger partial charge in [0.15, 0.2) is 0 Å². The van der Waals surface area contributed by atoms with Gasteiger partial charge >= 0.3 is 19.1 Å². The van der Waals surface area contributed by atoms with E-state index in [1.54, 1.807) is 11.9 Å². The van der Waals surface area contributed by atoms with Gasteiger partial charge in [0.05, 0.1) is 13.1 Å². The summed E-state index contributed by atoms with van der Waals surface area (Å²) in [6.07, 6.45) is 2.50. The van der Waals surface area contributed by atoms with Crippen LogP contribution in [-0.2, 0) is 25.4 Å². The SMILES string of the molecule is Cc1cc(CN2CCCC2C)ccc1B1OC(=O)CN(C)CC(=O)O1. The molecular formula is C18H25BN2O4. The summed E-state index contributed by atoms with van der Waals surface area (Å²) in [7, 11) is 0.718. The van der Waals surface area contributed by atoms with Crippen molar-refractivity contribution in [2.24, 2.45) is 0 Å². The molecule has 0 spiro atoms. The monoisotopic (exact) mass is 344 g/mol. The molecule has 0 N–H and O–H groups in total. The van der Waals surface area contributed by atoms with Crippen molar-refractivity contribution in [3.8, 4) is 0 Å². The third-order valence-corrected chi connectivity index (χ3v) is 4.94. The first kappa shape index (κ1) is 18.0. The first-order chi connectivity index (χ1) is 11.9. The summed E-state index contributed by atoms with van der Waals surface area (Å²) >= 11 is 0. The molecule has 1 aromatic carbocycles. The molecule has 0 radical (unpaired) electrons. The third kappa shape index (κ3) is 4.41. The Hall–Kier alpha value is -1.86. The van der Waals surface area contributed by atoms with Crippen LogP contribution in [0.4, 0.5) is 0 Å². The van der Waals surface area contributed by atoms with Crippen molar-refractivity contribution < 1.29 is 18.9 Å². The van der Waals surface area contributed by atoms with E-state index in [1.807, 2.05) is 19.1 Å². The highest BCUT2D eigenvalue weighted by atomic mass is 16.6. The number of likely N-dealkylation sites (tertiary alicyclic amines) is 1. The van der Waals surface area contributed by atoms with E-state index >= 15 is 0 Å². The lowest BCUT2D eigenvalue weighted by Crippen LogP contribution is -2.48. The van der Waals surface area contributed by atoms with Crippen molar-refractivity contribution in [1.82, 2.24) is 9.80 Å².